The van der Waals surface area contributed by atoms with E-state index in [0.29, 0.717) is 10.8 Å². The quantitative estimate of drug-likeness (QED) is 0.904. The van der Waals surface area contributed by atoms with Gasteiger partial charge in [0.15, 0.2) is 0 Å². The first-order valence-electron chi connectivity index (χ1n) is 6.00. The van der Waals surface area contributed by atoms with Gasteiger partial charge in [-0.3, -0.25) is 0 Å². The molecule has 0 saturated heterocycles. The predicted molar refractivity (Wildman–Crippen MR) is 75.3 cm³/mol. The highest BCUT2D eigenvalue weighted by molar-refractivity contribution is 7.91. The van der Waals surface area contributed by atoms with Crippen molar-refractivity contribution in [3.05, 3.63) is 52.4 Å². The second-order valence-corrected chi connectivity index (χ2v) is 7.40. The van der Waals surface area contributed by atoms with E-state index in [-0.39, 0.29) is 0 Å². The van der Waals surface area contributed by atoms with Gasteiger partial charge in [0.25, 0.3) is 0 Å². The Balaban J connectivity index is 1.73. The number of rotatable bonds is 4. The van der Waals surface area contributed by atoms with Crippen LogP contribution in [0.15, 0.2) is 39.9 Å². The van der Waals surface area contributed by atoms with Gasteiger partial charge in [-0.2, -0.15) is 0 Å². The monoisotopic (exact) mass is 294 g/mol. The van der Waals surface area contributed by atoms with Crippen LogP contribution in [0.2, 0.25) is 0 Å². The molecular weight excluding hydrogens is 280 g/mol. The summed E-state index contributed by atoms with van der Waals surface area (Å²) in [5.74, 6) is 0. The highest BCUT2D eigenvalue weighted by atomic mass is 32.2. The summed E-state index contributed by atoms with van der Waals surface area (Å²) >= 11 is 1.22. The molecule has 1 aromatic heterocycles. The van der Waals surface area contributed by atoms with Crippen molar-refractivity contribution in [1.82, 2.24) is 10.0 Å². The Morgan fingerprint density at radius 1 is 1.21 bits per heavy atom. The van der Waals surface area contributed by atoms with Gasteiger partial charge in [0.05, 0.1) is 0 Å². The Bertz CT molecular complexity index is 679. The highest BCUT2D eigenvalue weighted by Crippen LogP contribution is 2.18. The molecular formula is C13H14N2O2S2. The minimum atomic E-state index is -3.38. The topological polar surface area (TPSA) is 58.2 Å². The molecule has 0 amide bonds. The van der Waals surface area contributed by atoms with Gasteiger partial charge in [0.2, 0.25) is 10.0 Å². The molecule has 6 heteroatoms. The number of fused-ring (bicyclic) bond motifs is 1. The van der Waals surface area contributed by atoms with Gasteiger partial charge in [-0.25, -0.2) is 13.1 Å². The molecule has 0 spiro atoms. The number of sulfonamides is 1. The van der Waals surface area contributed by atoms with Gasteiger partial charge in [-0.1, -0.05) is 24.3 Å². The Labute approximate surface area is 116 Å². The Morgan fingerprint density at radius 2 is 2.05 bits per heavy atom. The summed E-state index contributed by atoms with van der Waals surface area (Å²) < 4.78 is 27.0. The zero-order valence-corrected chi connectivity index (χ0v) is 11.9. The third-order valence-electron chi connectivity index (χ3n) is 3.13. The van der Waals surface area contributed by atoms with Gasteiger partial charge in [0.1, 0.15) is 4.21 Å². The molecule has 0 aliphatic carbocycles. The number of nitrogens with one attached hydrogen (secondary N) is 2. The Morgan fingerprint density at radius 3 is 2.84 bits per heavy atom. The van der Waals surface area contributed by atoms with Crippen LogP contribution in [-0.4, -0.2) is 8.42 Å². The third-order valence-corrected chi connectivity index (χ3v) is 5.93. The van der Waals surface area contributed by atoms with Crippen molar-refractivity contribution in [2.45, 2.75) is 23.8 Å². The second-order valence-electron chi connectivity index (χ2n) is 4.46. The van der Waals surface area contributed by atoms with Crippen LogP contribution < -0.4 is 10.0 Å². The first-order chi connectivity index (χ1) is 9.15. The summed E-state index contributed by atoms with van der Waals surface area (Å²) in [5.41, 5.74) is 3.54. The van der Waals surface area contributed by atoms with Crippen molar-refractivity contribution in [3.8, 4) is 0 Å². The van der Waals surface area contributed by atoms with Crippen LogP contribution in [0.3, 0.4) is 0 Å². The molecule has 0 saturated carbocycles. The molecule has 3 rings (SSSR count). The molecule has 2 heterocycles. The van der Waals surface area contributed by atoms with Crippen molar-refractivity contribution in [2.24, 2.45) is 0 Å². The zero-order valence-electron chi connectivity index (χ0n) is 10.2. The molecule has 1 aliphatic heterocycles. The van der Waals surface area contributed by atoms with E-state index in [0.717, 1.165) is 18.7 Å². The minimum absolute atomic E-state index is 0.327. The van der Waals surface area contributed by atoms with Crippen LogP contribution in [0.5, 0.6) is 0 Å². The lowest BCUT2D eigenvalue weighted by molar-refractivity contribution is 0.583. The molecule has 19 heavy (non-hydrogen) atoms. The van der Waals surface area contributed by atoms with Crippen molar-refractivity contribution >= 4 is 21.4 Å². The largest absolute Gasteiger partial charge is 0.309 e. The van der Waals surface area contributed by atoms with Crippen molar-refractivity contribution in [3.63, 3.8) is 0 Å². The molecule has 0 bridgehead atoms. The average Bonchev–Trinajstić information content (AvgIpc) is 3.07. The van der Waals surface area contributed by atoms with Crippen molar-refractivity contribution in [1.29, 1.82) is 0 Å². The van der Waals surface area contributed by atoms with Crippen LogP contribution in [0.4, 0.5) is 0 Å². The van der Waals surface area contributed by atoms with E-state index in [1.54, 1.807) is 17.5 Å². The van der Waals surface area contributed by atoms with E-state index in [4.69, 9.17) is 0 Å². The summed E-state index contributed by atoms with van der Waals surface area (Å²) in [6.45, 7) is 2.09. The summed E-state index contributed by atoms with van der Waals surface area (Å²) in [6.07, 6.45) is 0. The standard InChI is InChI=1S/C13H14N2O2S2/c16-19(17,13-2-1-5-18-13)15-7-10-3-4-11-8-14-9-12(11)6-10/h1-6,14-15H,7-9H2. The lowest BCUT2D eigenvalue weighted by Crippen LogP contribution is -2.22. The van der Waals surface area contributed by atoms with Crippen LogP contribution in [0.25, 0.3) is 0 Å². The van der Waals surface area contributed by atoms with E-state index in [1.807, 2.05) is 6.07 Å². The van der Waals surface area contributed by atoms with Crippen molar-refractivity contribution in [2.75, 3.05) is 0 Å². The van der Waals surface area contributed by atoms with Gasteiger partial charge in [-0.05, 0) is 28.1 Å². The van der Waals surface area contributed by atoms with E-state index < -0.39 is 10.0 Å². The summed E-state index contributed by atoms with van der Waals surface area (Å²) in [4.78, 5) is 0. The molecule has 0 atom stereocenters. The molecule has 0 unspecified atom stereocenters. The van der Waals surface area contributed by atoms with Crippen LogP contribution in [0.1, 0.15) is 16.7 Å². The maximum absolute atomic E-state index is 12.0. The van der Waals surface area contributed by atoms with Crippen molar-refractivity contribution < 1.29 is 8.42 Å². The number of hydrogen-bond acceptors (Lipinski definition) is 4. The Hall–Kier alpha value is -1.21. The van der Waals surface area contributed by atoms with Gasteiger partial charge in [-0.15, -0.1) is 11.3 Å². The maximum Gasteiger partial charge on any atom is 0.250 e. The van der Waals surface area contributed by atoms with Gasteiger partial charge in [0, 0.05) is 19.6 Å². The van der Waals surface area contributed by atoms with E-state index >= 15 is 0 Å². The van der Waals surface area contributed by atoms with Gasteiger partial charge >= 0.3 is 0 Å². The molecule has 1 aromatic carbocycles. The lowest BCUT2D eigenvalue weighted by atomic mass is 10.1. The molecule has 2 aromatic rings. The van der Waals surface area contributed by atoms with Crippen LogP contribution in [-0.2, 0) is 29.7 Å². The minimum Gasteiger partial charge on any atom is -0.309 e. The SMILES string of the molecule is O=S(=O)(NCc1ccc2c(c1)CNC2)c1cccs1. The fraction of sp³-hybridized carbons (Fsp3) is 0.231. The predicted octanol–water partition coefficient (Wildman–Crippen LogP) is 1.83. The smallest absolute Gasteiger partial charge is 0.250 e. The van der Waals surface area contributed by atoms with Gasteiger partial charge < -0.3 is 5.32 Å². The van der Waals surface area contributed by atoms with E-state index in [1.165, 1.54) is 22.5 Å². The Kier molecular flexibility index (Phi) is 3.40. The zero-order chi connectivity index (χ0) is 13.3. The summed E-state index contributed by atoms with van der Waals surface area (Å²) in [7, 11) is -3.38. The average molecular weight is 294 g/mol. The number of thiophene rings is 1. The number of benzene rings is 1. The molecule has 1 aliphatic rings. The molecule has 100 valence electrons. The highest BCUT2D eigenvalue weighted by Gasteiger charge is 2.15. The maximum atomic E-state index is 12.0. The third kappa shape index (κ3) is 2.71. The molecule has 2 N–H and O–H groups in total. The summed E-state index contributed by atoms with van der Waals surface area (Å²) in [6, 6.07) is 9.44. The van der Waals surface area contributed by atoms with Crippen LogP contribution >= 0.6 is 11.3 Å². The first-order valence-corrected chi connectivity index (χ1v) is 8.36. The van der Waals surface area contributed by atoms with E-state index in [2.05, 4.69) is 22.2 Å². The fourth-order valence-electron chi connectivity index (χ4n) is 2.12. The molecule has 0 fully saturated rings. The second kappa shape index (κ2) is 5.05. The fourth-order valence-corrected chi connectivity index (χ4v) is 4.18. The first kappa shape index (κ1) is 12.8. The summed E-state index contributed by atoms with van der Waals surface area (Å²) in [5, 5.41) is 5.03. The van der Waals surface area contributed by atoms with Crippen LogP contribution in [0, 0.1) is 0 Å². The van der Waals surface area contributed by atoms with E-state index in [9.17, 15) is 8.42 Å². The molecule has 4 nitrogen and oxygen atoms in total. The number of hydrogen-bond donors (Lipinski definition) is 2. The molecule has 0 radical (unpaired) electrons. The normalized spacial score (nSPS) is 14.5. The lowest BCUT2D eigenvalue weighted by Gasteiger charge is -2.06.